The lowest BCUT2D eigenvalue weighted by Crippen LogP contribution is -2.46. The zero-order valence-electron chi connectivity index (χ0n) is 22.8. The molecule has 2 aromatic rings. The van der Waals surface area contributed by atoms with Crippen LogP contribution in [0.5, 0.6) is 23.0 Å². The molecule has 0 bridgehead atoms. The molecule has 0 aliphatic carbocycles. The van der Waals surface area contributed by atoms with Crippen molar-refractivity contribution in [3.8, 4) is 23.0 Å². The second-order valence-corrected chi connectivity index (χ2v) is 9.79. The van der Waals surface area contributed by atoms with E-state index in [0.29, 0.717) is 23.6 Å². The first-order chi connectivity index (χ1) is 16.6. The summed E-state index contributed by atoms with van der Waals surface area (Å²) in [5, 5.41) is 10.3. The Hall–Kier alpha value is -2.89. The van der Waals surface area contributed by atoms with Crippen molar-refractivity contribution in [3.63, 3.8) is 0 Å². The number of fused-ring (bicyclic) bond motifs is 4. The van der Waals surface area contributed by atoms with Crippen LogP contribution in [-0.4, -0.2) is 78.6 Å². The monoisotopic (exact) mass is 536 g/mol. The number of benzene rings is 2. The number of methoxy groups -OCH3 is 3. The molecule has 214 valence electrons. The largest absolute Gasteiger partial charge is 0.504 e. The highest BCUT2D eigenvalue weighted by Gasteiger charge is 2.39. The van der Waals surface area contributed by atoms with Gasteiger partial charge in [0.05, 0.1) is 21.3 Å². The first-order valence-corrected chi connectivity index (χ1v) is 12.5. The lowest BCUT2D eigenvalue weighted by Gasteiger charge is -2.47. The summed E-state index contributed by atoms with van der Waals surface area (Å²) in [5.41, 5.74) is 6.26. The number of aliphatic imine (C=N–C) groups is 1. The minimum atomic E-state index is 0. The lowest BCUT2D eigenvalue weighted by atomic mass is 9.73. The SMILES string of the molecule is CC[C@H]1CN2CCc3cc(OC)c(OC)cc3[C@@H]2C[C@@H]1CC1=NCCc2cc(O)c(OC)cc21.O.O.O.O. The summed E-state index contributed by atoms with van der Waals surface area (Å²) in [6, 6.07) is 8.61. The van der Waals surface area contributed by atoms with Gasteiger partial charge >= 0.3 is 0 Å². The Balaban J connectivity index is 0.00000180. The molecule has 0 saturated carbocycles. The molecule has 1 fully saturated rings. The number of aromatic hydroxyl groups is 1. The van der Waals surface area contributed by atoms with Gasteiger partial charge in [-0.3, -0.25) is 9.89 Å². The molecule has 0 aromatic heterocycles. The Bertz CT molecular complexity index is 1110. The van der Waals surface area contributed by atoms with Gasteiger partial charge in [-0.1, -0.05) is 13.3 Å². The Labute approximate surface area is 224 Å². The lowest BCUT2D eigenvalue weighted by molar-refractivity contribution is 0.0546. The highest BCUT2D eigenvalue weighted by Crippen LogP contribution is 2.46. The summed E-state index contributed by atoms with van der Waals surface area (Å²) in [6.07, 6.45) is 5.17. The van der Waals surface area contributed by atoms with Gasteiger partial charge in [-0.05, 0) is 78.5 Å². The van der Waals surface area contributed by atoms with Gasteiger partial charge in [0.15, 0.2) is 23.0 Å². The van der Waals surface area contributed by atoms with Crippen LogP contribution in [0.2, 0.25) is 0 Å². The predicted octanol–water partition coefficient (Wildman–Crippen LogP) is 1.50. The van der Waals surface area contributed by atoms with E-state index in [1.54, 1.807) is 21.3 Å². The van der Waals surface area contributed by atoms with Crippen molar-refractivity contribution in [2.24, 2.45) is 16.8 Å². The molecule has 0 amide bonds. The van der Waals surface area contributed by atoms with Crippen molar-refractivity contribution in [2.45, 2.75) is 45.1 Å². The molecule has 0 unspecified atom stereocenters. The normalized spacial score (nSPS) is 21.4. The topological polar surface area (TPSA) is 190 Å². The minimum Gasteiger partial charge on any atom is -0.504 e. The van der Waals surface area contributed by atoms with Gasteiger partial charge in [0.1, 0.15) is 0 Å². The summed E-state index contributed by atoms with van der Waals surface area (Å²) in [6.45, 7) is 5.32. The number of ether oxygens (including phenoxy) is 3. The van der Waals surface area contributed by atoms with Crippen LogP contribution in [0.3, 0.4) is 0 Å². The van der Waals surface area contributed by atoms with Crippen LogP contribution in [0.25, 0.3) is 0 Å². The van der Waals surface area contributed by atoms with Crippen LogP contribution < -0.4 is 14.2 Å². The number of rotatable bonds is 6. The first kappa shape index (κ1) is 33.1. The van der Waals surface area contributed by atoms with Crippen LogP contribution in [-0.2, 0) is 12.8 Å². The number of hydrogen-bond acceptors (Lipinski definition) is 6. The van der Waals surface area contributed by atoms with Crippen molar-refractivity contribution in [1.29, 1.82) is 0 Å². The average Bonchev–Trinajstić information content (AvgIpc) is 2.87. The zero-order valence-corrected chi connectivity index (χ0v) is 22.8. The van der Waals surface area contributed by atoms with Gasteiger partial charge in [-0.15, -0.1) is 0 Å². The molecule has 0 spiro atoms. The van der Waals surface area contributed by atoms with Crippen LogP contribution >= 0.6 is 0 Å². The van der Waals surface area contributed by atoms with Gasteiger partial charge in [0.25, 0.3) is 0 Å². The molecule has 38 heavy (non-hydrogen) atoms. The standard InChI is InChI=1S/C28H36N2O4.4H2O/c1-5-17-16-30-9-7-19-13-27(33-3)28(34-4)15-22(19)24(30)11-20(17)10-23-21-14-26(32-2)25(31)12-18(21)6-8-29-23;;;;/h12-15,17,20,24,31H,5-11,16H2,1-4H3;4*1H2/t17-,20-,24-;;;;/m0..../s1. The number of piperidine rings is 1. The Morgan fingerprint density at radius 3 is 2.21 bits per heavy atom. The van der Waals surface area contributed by atoms with E-state index >= 15 is 0 Å². The zero-order chi connectivity index (χ0) is 23.8. The average molecular weight is 537 g/mol. The van der Waals surface area contributed by atoms with E-state index in [4.69, 9.17) is 19.2 Å². The molecule has 5 rings (SSSR count). The van der Waals surface area contributed by atoms with Crippen molar-refractivity contribution < 1.29 is 41.2 Å². The molecule has 3 aliphatic rings. The van der Waals surface area contributed by atoms with Crippen molar-refractivity contribution in [1.82, 2.24) is 4.90 Å². The second-order valence-electron chi connectivity index (χ2n) is 9.79. The summed E-state index contributed by atoms with van der Waals surface area (Å²) < 4.78 is 16.6. The molecule has 3 heterocycles. The predicted molar refractivity (Wildman–Crippen MR) is 148 cm³/mol. The summed E-state index contributed by atoms with van der Waals surface area (Å²) >= 11 is 0. The first-order valence-electron chi connectivity index (χ1n) is 12.5. The minimum absolute atomic E-state index is 0. The maximum absolute atomic E-state index is 10.3. The smallest absolute Gasteiger partial charge is 0.161 e. The molecule has 0 radical (unpaired) electrons. The van der Waals surface area contributed by atoms with Gasteiger partial charge in [0, 0.05) is 37.0 Å². The van der Waals surface area contributed by atoms with Gasteiger partial charge in [-0.2, -0.15) is 0 Å². The van der Waals surface area contributed by atoms with E-state index in [9.17, 15) is 5.11 Å². The van der Waals surface area contributed by atoms with E-state index in [-0.39, 0.29) is 27.7 Å². The van der Waals surface area contributed by atoms with Crippen molar-refractivity contribution in [2.75, 3.05) is 41.0 Å². The molecular formula is C28H44N2O8. The van der Waals surface area contributed by atoms with E-state index < -0.39 is 0 Å². The molecule has 10 nitrogen and oxygen atoms in total. The molecule has 1 saturated heterocycles. The third-order valence-electron chi connectivity index (χ3n) is 8.15. The molecule has 3 atom stereocenters. The number of hydrogen-bond donors (Lipinski definition) is 1. The maximum atomic E-state index is 10.3. The fourth-order valence-corrected chi connectivity index (χ4v) is 6.29. The fourth-order valence-electron chi connectivity index (χ4n) is 6.29. The van der Waals surface area contributed by atoms with Gasteiger partial charge < -0.3 is 41.2 Å². The molecule has 2 aromatic carbocycles. The molecule has 10 heteroatoms. The van der Waals surface area contributed by atoms with Crippen LogP contribution in [0.4, 0.5) is 0 Å². The van der Waals surface area contributed by atoms with E-state index in [1.807, 2.05) is 12.1 Å². The van der Waals surface area contributed by atoms with E-state index in [1.165, 1.54) is 28.8 Å². The van der Waals surface area contributed by atoms with Crippen LogP contribution in [0.15, 0.2) is 29.3 Å². The third kappa shape index (κ3) is 5.89. The third-order valence-corrected chi connectivity index (χ3v) is 8.15. The quantitative estimate of drug-likeness (QED) is 0.584. The molecule has 3 aliphatic heterocycles. The molecule has 9 N–H and O–H groups in total. The van der Waals surface area contributed by atoms with Crippen molar-refractivity contribution in [3.05, 3.63) is 46.5 Å². The van der Waals surface area contributed by atoms with E-state index in [0.717, 1.165) is 62.4 Å². The van der Waals surface area contributed by atoms with Crippen molar-refractivity contribution >= 4 is 5.71 Å². The Morgan fingerprint density at radius 2 is 1.55 bits per heavy atom. The van der Waals surface area contributed by atoms with Gasteiger partial charge in [0.2, 0.25) is 0 Å². The fraction of sp³-hybridized carbons (Fsp3) is 0.536. The van der Waals surface area contributed by atoms with Gasteiger partial charge in [-0.25, -0.2) is 0 Å². The number of phenolic OH excluding ortho intramolecular Hbond substituents is 1. The highest BCUT2D eigenvalue weighted by molar-refractivity contribution is 6.03. The second kappa shape index (κ2) is 13.8. The van der Waals surface area contributed by atoms with Crippen LogP contribution in [0.1, 0.15) is 54.5 Å². The maximum Gasteiger partial charge on any atom is 0.161 e. The summed E-state index contributed by atoms with van der Waals surface area (Å²) in [7, 11) is 5.03. The number of phenols is 1. The number of nitrogens with zero attached hydrogens (tertiary/aromatic N) is 2. The van der Waals surface area contributed by atoms with E-state index in [2.05, 4.69) is 24.0 Å². The molecular weight excluding hydrogens is 492 g/mol. The Kier molecular flexibility index (Phi) is 12.0. The highest BCUT2D eigenvalue weighted by atomic mass is 16.5. The van der Waals surface area contributed by atoms with Crippen LogP contribution in [0, 0.1) is 11.8 Å². The summed E-state index contributed by atoms with van der Waals surface area (Å²) in [4.78, 5) is 7.64. The Morgan fingerprint density at radius 1 is 0.868 bits per heavy atom. The summed E-state index contributed by atoms with van der Waals surface area (Å²) in [5.74, 6) is 3.57.